The zero-order chi connectivity index (χ0) is 20.4. The SMILES string of the molecule is CCCCCCCCCCc1cccc([O-])c1Oc1ccccc1S(=O)(=O)O.[Na+]. The predicted octanol–water partition coefficient (Wildman–Crippen LogP) is 2.49. The van der Waals surface area contributed by atoms with Crippen molar-refractivity contribution in [2.45, 2.75) is 69.6 Å². The van der Waals surface area contributed by atoms with Gasteiger partial charge in [0.2, 0.25) is 0 Å². The van der Waals surface area contributed by atoms with Gasteiger partial charge in [-0.05, 0) is 30.5 Å². The number of rotatable bonds is 12. The Morgan fingerprint density at radius 1 is 0.897 bits per heavy atom. The molecule has 2 aromatic rings. The normalized spacial score (nSPS) is 11.1. The number of ether oxygens (including phenoxy) is 1. The zero-order valence-corrected chi connectivity index (χ0v) is 20.2. The van der Waals surface area contributed by atoms with E-state index in [0.717, 1.165) is 18.4 Å². The minimum Gasteiger partial charge on any atom is -0.870 e. The summed E-state index contributed by atoms with van der Waals surface area (Å²) in [6.45, 7) is 2.21. The van der Waals surface area contributed by atoms with Crippen LogP contribution in [0, 0.1) is 0 Å². The Morgan fingerprint density at radius 2 is 1.52 bits per heavy atom. The molecule has 0 aliphatic rings. The van der Waals surface area contributed by atoms with Gasteiger partial charge in [-0.15, -0.1) is 0 Å². The maximum absolute atomic E-state index is 12.3. The summed E-state index contributed by atoms with van der Waals surface area (Å²) in [4.78, 5) is -0.351. The van der Waals surface area contributed by atoms with Crippen molar-refractivity contribution in [3.8, 4) is 17.2 Å². The Bertz CT molecular complexity index is 852. The Hall–Kier alpha value is -1.05. The molecule has 0 aliphatic heterocycles. The number of benzene rings is 2. The van der Waals surface area contributed by atoms with Gasteiger partial charge in [0.1, 0.15) is 16.4 Å². The minimum atomic E-state index is -4.44. The number of para-hydroxylation sites is 2. The first kappa shape index (κ1) is 26.0. The van der Waals surface area contributed by atoms with Crippen LogP contribution in [0.5, 0.6) is 17.2 Å². The second kappa shape index (κ2) is 13.3. The van der Waals surface area contributed by atoms with Crippen molar-refractivity contribution in [2.75, 3.05) is 0 Å². The van der Waals surface area contributed by atoms with Crippen LogP contribution in [-0.4, -0.2) is 13.0 Å². The van der Waals surface area contributed by atoms with E-state index in [9.17, 15) is 18.1 Å². The molecule has 5 nitrogen and oxygen atoms in total. The first-order valence-electron chi connectivity index (χ1n) is 9.96. The zero-order valence-electron chi connectivity index (χ0n) is 17.4. The van der Waals surface area contributed by atoms with Gasteiger partial charge in [-0.1, -0.05) is 88.0 Å². The summed E-state index contributed by atoms with van der Waals surface area (Å²) in [6.07, 6.45) is 10.2. The molecule has 0 bridgehead atoms. The second-order valence-electron chi connectivity index (χ2n) is 6.99. The molecule has 1 N–H and O–H groups in total. The Morgan fingerprint density at radius 3 is 2.17 bits per heavy atom. The van der Waals surface area contributed by atoms with Crippen LogP contribution in [0.1, 0.15) is 63.9 Å². The van der Waals surface area contributed by atoms with Gasteiger partial charge in [-0.25, -0.2) is 0 Å². The van der Waals surface area contributed by atoms with E-state index in [0.29, 0.717) is 6.42 Å². The molecule has 0 aliphatic carbocycles. The molecule has 7 heteroatoms. The second-order valence-corrected chi connectivity index (χ2v) is 8.38. The van der Waals surface area contributed by atoms with Crippen LogP contribution in [0.2, 0.25) is 0 Å². The molecular formula is C22H29NaO5S. The van der Waals surface area contributed by atoms with Gasteiger partial charge >= 0.3 is 29.6 Å². The van der Waals surface area contributed by atoms with Crippen molar-refractivity contribution in [3.63, 3.8) is 0 Å². The summed E-state index contributed by atoms with van der Waals surface area (Å²) in [6, 6.07) is 10.7. The largest absolute Gasteiger partial charge is 1.00 e. The van der Waals surface area contributed by atoms with Crippen molar-refractivity contribution in [3.05, 3.63) is 48.0 Å². The monoisotopic (exact) mass is 428 g/mol. The molecule has 0 saturated carbocycles. The Kier molecular flexibility index (Phi) is 11.9. The average molecular weight is 429 g/mol. The van der Waals surface area contributed by atoms with E-state index >= 15 is 0 Å². The fourth-order valence-electron chi connectivity index (χ4n) is 3.18. The molecule has 0 atom stereocenters. The van der Waals surface area contributed by atoms with Crippen molar-refractivity contribution in [2.24, 2.45) is 0 Å². The first-order valence-corrected chi connectivity index (χ1v) is 11.4. The molecule has 0 aromatic heterocycles. The van der Waals surface area contributed by atoms with Gasteiger partial charge < -0.3 is 9.84 Å². The summed E-state index contributed by atoms with van der Waals surface area (Å²) < 4.78 is 38.1. The molecule has 29 heavy (non-hydrogen) atoms. The van der Waals surface area contributed by atoms with Crippen LogP contribution in [0.3, 0.4) is 0 Å². The van der Waals surface area contributed by atoms with E-state index in [1.54, 1.807) is 12.1 Å². The van der Waals surface area contributed by atoms with Crippen molar-refractivity contribution in [1.29, 1.82) is 0 Å². The number of hydrogen-bond donors (Lipinski definition) is 1. The summed E-state index contributed by atoms with van der Waals surface area (Å²) in [5, 5.41) is 12.3. The molecule has 2 rings (SSSR count). The maximum Gasteiger partial charge on any atom is 1.00 e. The van der Waals surface area contributed by atoms with Gasteiger partial charge in [0.05, 0.1) is 0 Å². The van der Waals surface area contributed by atoms with Crippen LogP contribution in [0.25, 0.3) is 0 Å². The van der Waals surface area contributed by atoms with Crippen LogP contribution >= 0.6 is 0 Å². The summed E-state index contributed by atoms with van der Waals surface area (Å²) in [7, 11) is -4.44. The van der Waals surface area contributed by atoms with E-state index in [-0.39, 0.29) is 51.7 Å². The Labute approximate surface area is 196 Å². The molecule has 0 unspecified atom stereocenters. The molecule has 0 spiro atoms. The summed E-state index contributed by atoms with van der Waals surface area (Å²) in [5.41, 5.74) is 0.753. The summed E-state index contributed by atoms with van der Waals surface area (Å²) >= 11 is 0. The van der Waals surface area contributed by atoms with Gasteiger partial charge in [-0.3, -0.25) is 4.55 Å². The molecular weight excluding hydrogens is 399 g/mol. The molecule has 154 valence electrons. The third kappa shape index (κ3) is 8.69. The third-order valence-electron chi connectivity index (χ3n) is 4.70. The van der Waals surface area contributed by atoms with Gasteiger partial charge in [0.15, 0.2) is 0 Å². The average Bonchev–Trinajstić information content (AvgIpc) is 2.66. The number of unbranched alkanes of at least 4 members (excludes halogenated alkanes) is 7. The third-order valence-corrected chi connectivity index (χ3v) is 5.59. The molecule has 2 aromatic carbocycles. The van der Waals surface area contributed by atoms with Crippen molar-refractivity contribution < 1.29 is 52.4 Å². The van der Waals surface area contributed by atoms with Crippen LogP contribution in [-0.2, 0) is 16.5 Å². The molecule has 0 fully saturated rings. The molecule has 0 amide bonds. The fourth-order valence-corrected chi connectivity index (χ4v) is 3.80. The number of hydrogen-bond acceptors (Lipinski definition) is 4. The van der Waals surface area contributed by atoms with E-state index in [1.165, 1.54) is 62.8 Å². The van der Waals surface area contributed by atoms with E-state index in [4.69, 9.17) is 4.74 Å². The standard InChI is InChI=1S/C22H30O5S.Na/c1-2-3-4-5-6-7-8-9-13-18-14-12-15-19(23)22(18)27-20-16-10-11-17-21(20)28(24,25)26;/h10-12,14-17,23H,2-9,13H2,1H3,(H,24,25,26);/q;+1/p-1. The molecule has 0 radical (unpaired) electrons. The van der Waals surface area contributed by atoms with E-state index < -0.39 is 10.1 Å². The van der Waals surface area contributed by atoms with E-state index in [2.05, 4.69) is 6.92 Å². The minimum absolute atomic E-state index is 0. The van der Waals surface area contributed by atoms with Gasteiger partial charge in [0.25, 0.3) is 10.1 Å². The first-order chi connectivity index (χ1) is 13.4. The quantitative estimate of drug-likeness (QED) is 0.319. The summed E-state index contributed by atoms with van der Waals surface area (Å²) in [5.74, 6) is -0.228. The number of aryl methyl sites for hydroxylation is 1. The smallest absolute Gasteiger partial charge is 0.870 e. The van der Waals surface area contributed by atoms with Crippen LogP contribution in [0.4, 0.5) is 0 Å². The topological polar surface area (TPSA) is 86.7 Å². The van der Waals surface area contributed by atoms with Crippen molar-refractivity contribution >= 4 is 10.1 Å². The Balaban J connectivity index is 0.00000420. The van der Waals surface area contributed by atoms with Gasteiger partial charge in [0, 0.05) is 0 Å². The maximum atomic E-state index is 12.3. The molecule has 0 saturated heterocycles. The van der Waals surface area contributed by atoms with Crippen LogP contribution in [0.15, 0.2) is 47.4 Å². The molecule has 0 heterocycles. The van der Waals surface area contributed by atoms with Crippen LogP contribution < -0.4 is 39.4 Å². The fraction of sp³-hybridized carbons (Fsp3) is 0.455. The predicted molar refractivity (Wildman–Crippen MR) is 109 cm³/mol. The van der Waals surface area contributed by atoms with E-state index in [1.807, 2.05) is 6.07 Å². The van der Waals surface area contributed by atoms with Crippen molar-refractivity contribution in [1.82, 2.24) is 0 Å². The van der Waals surface area contributed by atoms with Gasteiger partial charge in [-0.2, -0.15) is 8.42 Å².